The van der Waals surface area contributed by atoms with E-state index in [4.69, 9.17) is 11.6 Å². The van der Waals surface area contributed by atoms with Crippen LogP contribution in [0.5, 0.6) is 0 Å². The Labute approximate surface area is 122 Å². The number of hydrogen-bond donors (Lipinski definition) is 1. The minimum Gasteiger partial charge on any atom is -0.351 e. The van der Waals surface area contributed by atoms with Crippen molar-refractivity contribution >= 4 is 17.5 Å². The van der Waals surface area contributed by atoms with E-state index in [2.05, 4.69) is 5.32 Å². The van der Waals surface area contributed by atoms with E-state index in [1.165, 1.54) is 6.07 Å². The van der Waals surface area contributed by atoms with Crippen LogP contribution in [-0.2, 0) is 0 Å². The lowest BCUT2D eigenvalue weighted by Crippen LogP contribution is -2.26. The monoisotopic (exact) mass is 291 g/mol. The number of rotatable bonds is 4. The van der Waals surface area contributed by atoms with E-state index < -0.39 is 11.7 Å². The summed E-state index contributed by atoms with van der Waals surface area (Å²) in [6, 6.07) is 12.2. The zero-order valence-corrected chi connectivity index (χ0v) is 11.9. The topological polar surface area (TPSA) is 29.1 Å². The molecular weight excluding hydrogens is 277 g/mol. The van der Waals surface area contributed by atoms with E-state index in [0.717, 1.165) is 11.1 Å². The lowest BCUT2D eigenvalue weighted by atomic mass is 9.95. The molecule has 0 spiro atoms. The number of benzene rings is 2. The molecule has 2 nitrogen and oxygen atoms in total. The molecular formula is C16H15ClFNO. The number of hydrogen-bond acceptors (Lipinski definition) is 1. The second kappa shape index (κ2) is 6.53. The average molecular weight is 292 g/mol. The Morgan fingerprint density at radius 2 is 1.85 bits per heavy atom. The molecule has 104 valence electrons. The van der Waals surface area contributed by atoms with Crippen molar-refractivity contribution in [3.05, 3.63) is 59.4 Å². The number of carbonyl (C=O) groups excluding carboxylic acids is 1. The molecule has 0 saturated heterocycles. The van der Waals surface area contributed by atoms with Gasteiger partial charge in [0, 0.05) is 12.4 Å². The van der Waals surface area contributed by atoms with Gasteiger partial charge in [0.1, 0.15) is 5.82 Å². The third-order valence-corrected chi connectivity index (χ3v) is 3.24. The van der Waals surface area contributed by atoms with Gasteiger partial charge >= 0.3 is 0 Å². The van der Waals surface area contributed by atoms with Gasteiger partial charge < -0.3 is 5.32 Å². The summed E-state index contributed by atoms with van der Waals surface area (Å²) in [5, 5.41) is 2.61. The molecule has 0 bridgehead atoms. The van der Waals surface area contributed by atoms with Crippen molar-refractivity contribution in [2.75, 3.05) is 12.4 Å². The summed E-state index contributed by atoms with van der Waals surface area (Å²) in [5.74, 6) is -0.681. The van der Waals surface area contributed by atoms with Crippen molar-refractivity contribution < 1.29 is 9.18 Å². The van der Waals surface area contributed by atoms with Gasteiger partial charge in [0.15, 0.2) is 0 Å². The fraction of sp³-hybridized carbons (Fsp3) is 0.188. The van der Waals surface area contributed by atoms with Crippen LogP contribution in [0.4, 0.5) is 4.39 Å². The van der Waals surface area contributed by atoms with Gasteiger partial charge in [0.25, 0.3) is 5.91 Å². The van der Waals surface area contributed by atoms with Crippen LogP contribution < -0.4 is 5.32 Å². The highest BCUT2D eigenvalue weighted by molar-refractivity contribution is 6.18. The molecule has 0 aliphatic heterocycles. The van der Waals surface area contributed by atoms with Crippen LogP contribution in [0, 0.1) is 12.7 Å². The zero-order chi connectivity index (χ0) is 14.5. The molecule has 0 aromatic heterocycles. The minimum atomic E-state index is -0.530. The Morgan fingerprint density at radius 3 is 2.55 bits per heavy atom. The maximum Gasteiger partial charge on any atom is 0.254 e. The van der Waals surface area contributed by atoms with Crippen molar-refractivity contribution in [3.8, 4) is 11.1 Å². The molecule has 0 unspecified atom stereocenters. The predicted octanol–water partition coefficient (Wildman–Crippen LogP) is 3.77. The van der Waals surface area contributed by atoms with E-state index >= 15 is 0 Å². The van der Waals surface area contributed by atoms with Crippen LogP contribution >= 0.6 is 11.6 Å². The van der Waals surface area contributed by atoms with Gasteiger partial charge in [-0.15, -0.1) is 11.6 Å². The van der Waals surface area contributed by atoms with E-state index in [1.54, 1.807) is 12.1 Å². The van der Waals surface area contributed by atoms with Gasteiger partial charge in [0.2, 0.25) is 0 Å². The molecule has 4 heteroatoms. The molecule has 2 aromatic rings. The Morgan fingerprint density at radius 1 is 1.15 bits per heavy atom. The highest BCUT2D eigenvalue weighted by Crippen LogP contribution is 2.28. The first-order valence-corrected chi connectivity index (χ1v) is 6.87. The van der Waals surface area contributed by atoms with Crippen molar-refractivity contribution in [2.24, 2.45) is 0 Å². The summed E-state index contributed by atoms with van der Waals surface area (Å²) in [6.07, 6.45) is 0. The second-order valence-corrected chi connectivity index (χ2v) is 4.80. The summed E-state index contributed by atoms with van der Waals surface area (Å²) in [4.78, 5) is 12.1. The average Bonchev–Trinajstić information content (AvgIpc) is 2.45. The molecule has 0 atom stereocenters. The maximum atomic E-state index is 14.1. The molecule has 20 heavy (non-hydrogen) atoms. The van der Waals surface area contributed by atoms with Crippen LogP contribution in [0.15, 0.2) is 42.5 Å². The van der Waals surface area contributed by atoms with E-state index in [0.29, 0.717) is 18.0 Å². The Kier molecular flexibility index (Phi) is 4.74. The fourth-order valence-corrected chi connectivity index (χ4v) is 2.20. The summed E-state index contributed by atoms with van der Waals surface area (Å²) in [5.41, 5.74) is 2.50. The SMILES string of the molecule is Cc1ccccc1-c1cccc(F)c1C(=O)NCCCl. The molecule has 2 rings (SSSR count). The van der Waals surface area contributed by atoms with Crippen molar-refractivity contribution in [1.29, 1.82) is 0 Å². The van der Waals surface area contributed by atoms with Crippen LogP contribution in [0.1, 0.15) is 15.9 Å². The van der Waals surface area contributed by atoms with Crippen molar-refractivity contribution in [2.45, 2.75) is 6.92 Å². The van der Waals surface area contributed by atoms with Gasteiger partial charge in [-0.2, -0.15) is 0 Å². The summed E-state index contributed by atoms with van der Waals surface area (Å²) in [6.45, 7) is 2.24. The Bertz CT molecular complexity index is 628. The van der Waals surface area contributed by atoms with Gasteiger partial charge in [-0.25, -0.2) is 4.39 Å². The Hall–Kier alpha value is -1.87. The maximum absolute atomic E-state index is 14.1. The van der Waals surface area contributed by atoms with Crippen molar-refractivity contribution in [1.82, 2.24) is 5.32 Å². The lowest BCUT2D eigenvalue weighted by molar-refractivity contribution is 0.0953. The van der Waals surface area contributed by atoms with Crippen molar-refractivity contribution in [3.63, 3.8) is 0 Å². The highest BCUT2D eigenvalue weighted by Gasteiger charge is 2.18. The van der Waals surface area contributed by atoms with Gasteiger partial charge in [0.05, 0.1) is 5.56 Å². The number of halogens is 2. The third kappa shape index (κ3) is 2.99. The minimum absolute atomic E-state index is 0.0620. The molecule has 1 amide bonds. The molecule has 0 aliphatic carbocycles. The Balaban J connectivity index is 2.52. The first-order chi connectivity index (χ1) is 9.65. The lowest BCUT2D eigenvalue weighted by Gasteiger charge is -2.12. The third-order valence-electron chi connectivity index (χ3n) is 3.06. The second-order valence-electron chi connectivity index (χ2n) is 4.42. The van der Waals surface area contributed by atoms with E-state index in [-0.39, 0.29) is 5.56 Å². The molecule has 0 heterocycles. The molecule has 2 aromatic carbocycles. The summed E-state index contributed by atoms with van der Waals surface area (Å²) in [7, 11) is 0. The van der Waals surface area contributed by atoms with Crippen LogP contribution in [-0.4, -0.2) is 18.3 Å². The molecule has 0 fully saturated rings. The van der Waals surface area contributed by atoms with E-state index in [9.17, 15) is 9.18 Å². The van der Waals surface area contributed by atoms with Crippen LogP contribution in [0.25, 0.3) is 11.1 Å². The van der Waals surface area contributed by atoms with Gasteiger partial charge in [-0.3, -0.25) is 4.79 Å². The normalized spacial score (nSPS) is 10.3. The smallest absolute Gasteiger partial charge is 0.254 e. The summed E-state index contributed by atoms with van der Waals surface area (Å²) >= 11 is 5.55. The number of alkyl halides is 1. The standard InChI is InChI=1S/C16H15ClFNO/c1-11-5-2-3-6-12(11)13-7-4-8-14(18)15(13)16(20)19-10-9-17/h2-8H,9-10H2,1H3,(H,19,20). The molecule has 0 aliphatic rings. The number of amides is 1. The van der Waals surface area contributed by atoms with Gasteiger partial charge in [-0.05, 0) is 29.7 Å². The number of carbonyl (C=O) groups is 1. The largest absolute Gasteiger partial charge is 0.351 e. The number of aryl methyl sites for hydroxylation is 1. The quantitative estimate of drug-likeness (QED) is 0.854. The van der Waals surface area contributed by atoms with E-state index in [1.807, 2.05) is 31.2 Å². The zero-order valence-electron chi connectivity index (χ0n) is 11.1. The molecule has 0 radical (unpaired) electrons. The number of nitrogens with one attached hydrogen (secondary N) is 1. The van der Waals surface area contributed by atoms with Gasteiger partial charge in [-0.1, -0.05) is 36.4 Å². The van der Waals surface area contributed by atoms with Crippen LogP contribution in [0.2, 0.25) is 0 Å². The van der Waals surface area contributed by atoms with Crippen LogP contribution in [0.3, 0.4) is 0 Å². The summed E-state index contributed by atoms with van der Waals surface area (Å²) < 4.78 is 14.1. The predicted molar refractivity (Wildman–Crippen MR) is 79.6 cm³/mol. The first kappa shape index (κ1) is 14.5. The molecule has 0 saturated carbocycles. The fourth-order valence-electron chi connectivity index (χ4n) is 2.10. The first-order valence-electron chi connectivity index (χ1n) is 6.34. The highest BCUT2D eigenvalue weighted by atomic mass is 35.5. The molecule has 1 N–H and O–H groups in total.